The zero-order chi connectivity index (χ0) is 15.6. The lowest BCUT2D eigenvalue weighted by Gasteiger charge is -2.14. The predicted octanol–water partition coefficient (Wildman–Crippen LogP) is 3.74. The molecule has 0 saturated heterocycles. The molecule has 2 aromatic carbocycles. The van der Waals surface area contributed by atoms with E-state index in [4.69, 9.17) is 10.5 Å². The summed E-state index contributed by atoms with van der Waals surface area (Å²) in [7, 11) is 1.38. The predicted molar refractivity (Wildman–Crippen MR) is 84.2 cm³/mol. The normalized spacial score (nSPS) is 10.3. The third kappa shape index (κ3) is 3.16. The number of aryl methyl sites for hydroxylation is 1. The van der Waals surface area contributed by atoms with Gasteiger partial charge in [-0.25, -0.2) is 4.39 Å². The lowest BCUT2D eigenvalue weighted by Crippen LogP contribution is -2.17. The van der Waals surface area contributed by atoms with Crippen molar-refractivity contribution in [2.24, 2.45) is 0 Å². The number of hydrogen-bond acceptors (Lipinski definition) is 3. The molecule has 4 nitrogen and oxygen atoms in total. The average Bonchev–Trinajstić information content (AvgIpc) is 2.42. The van der Waals surface area contributed by atoms with Crippen LogP contribution in [0.5, 0.6) is 5.75 Å². The van der Waals surface area contributed by atoms with Gasteiger partial charge in [0.15, 0.2) is 0 Å². The molecule has 0 aliphatic rings. The van der Waals surface area contributed by atoms with Crippen molar-refractivity contribution >= 4 is 33.2 Å². The van der Waals surface area contributed by atoms with E-state index in [9.17, 15) is 9.18 Å². The van der Waals surface area contributed by atoms with Gasteiger partial charge in [-0.1, -0.05) is 22.0 Å². The minimum absolute atomic E-state index is 0.151. The van der Waals surface area contributed by atoms with Crippen LogP contribution in [-0.2, 0) is 0 Å². The molecule has 3 N–H and O–H groups in total. The summed E-state index contributed by atoms with van der Waals surface area (Å²) in [5.74, 6) is -1.09. The number of rotatable bonds is 3. The van der Waals surface area contributed by atoms with Crippen LogP contribution in [0.2, 0.25) is 0 Å². The molecule has 0 heterocycles. The van der Waals surface area contributed by atoms with E-state index in [2.05, 4.69) is 21.2 Å². The Morgan fingerprint density at radius 3 is 2.71 bits per heavy atom. The fourth-order valence-corrected chi connectivity index (χ4v) is 2.60. The topological polar surface area (TPSA) is 64.3 Å². The standard InChI is InChI=1S/C15H14BrFN2O2/c1-8-6-9(16)7-11(18)14(8)19-15(20)13-10(17)4-3-5-12(13)21-2/h3-7H,18H2,1-2H3,(H,19,20). The van der Waals surface area contributed by atoms with Crippen molar-refractivity contribution in [2.75, 3.05) is 18.2 Å². The van der Waals surface area contributed by atoms with Crippen LogP contribution in [0.15, 0.2) is 34.8 Å². The Kier molecular flexibility index (Phi) is 4.47. The van der Waals surface area contributed by atoms with Gasteiger partial charge in [0.2, 0.25) is 0 Å². The van der Waals surface area contributed by atoms with Crippen LogP contribution in [0.1, 0.15) is 15.9 Å². The summed E-state index contributed by atoms with van der Waals surface area (Å²) in [6.07, 6.45) is 0. The Morgan fingerprint density at radius 2 is 2.10 bits per heavy atom. The molecule has 0 saturated carbocycles. The average molecular weight is 353 g/mol. The molecule has 0 aromatic heterocycles. The van der Waals surface area contributed by atoms with Crippen molar-refractivity contribution in [3.8, 4) is 5.75 Å². The largest absolute Gasteiger partial charge is 0.496 e. The molecule has 0 spiro atoms. The number of carbonyl (C=O) groups is 1. The van der Waals surface area contributed by atoms with E-state index in [0.29, 0.717) is 11.4 Å². The second-order valence-electron chi connectivity index (χ2n) is 4.46. The lowest BCUT2D eigenvalue weighted by molar-refractivity contribution is 0.102. The number of benzene rings is 2. The van der Waals surface area contributed by atoms with Gasteiger partial charge in [0.1, 0.15) is 17.1 Å². The highest BCUT2D eigenvalue weighted by Crippen LogP contribution is 2.29. The number of amides is 1. The quantitative estimate of drug-likeness (QED) is 0.827. The zero-order valence-electron chi connectivity index (χ0n) is 11.5. The summed E-state index contributed by atoms with van der Waals surface area (Å²) < 4.78 is 19.7. The first-order valence-corrected chi connectivity index (χ1v) is 6.92. The first kappa shape index (κ1) is 15.3. The molecule has 0 aliphatic carbocycles. The van der Waals surface area contributed by atoms with Crippen LogP contribution in [-0.4, -0.2) is 13.0 Å². The SMILES string of the molecule is COc1cccc(F)c1C(=O)Nc1c(C)cc(Br)cc1N. The molecule has 0 aliphatic heterocycles. The highest BCUT2D eigenvalue weighted by atomic mass is 79.9. The van der Waals surface area contributed by atoms with Crippen molar-refractivity contribution in [2.45, 2.75) is 6.92 Å². The number of halogens is 2. The minimum atomic E-state index is -0.653. The second kappa shape index (κ2) is 6.13. The molecule has 0 bridgehead atoms. The molecule has 2 rings (SSSR count). The van der Waals surface area contributed by atoms with E-state index < -0.39 is 11.7 Å². The zero-order valence-corrected chi connectivity index (χ0v) is 13.1. The molecule has 1 amide bonds. The third-order valence-electron chi connectivity index (χ3n) is 2.99. The van der Waals surface area contributed by atoms with Gasteiger partial charge in [0.05, 0.1) is 18.5 Å². The van der Waals surface area contributed by atoms with Gasteiger partial charge in [-0.15, -0.1) is 0 Å². The first-order valence-electron chi connectivity index (χ1n) is 6.13. The molecular weight excluding hydrogens is 339 g/mol. The number of nitrogens with one attached hydrogen (secondary N) is 1. The van der Waals surface area contributed by atoms with Gasteiger partial charge < -0.3 is 15.8 Å². The number of carbonyl (C=O) groups excluding carboxylic acids is 1. The molecule has 21 heavy (non-hydrogen) atoms. The Labute approximate surface area is 130 Å². The summed E-state index contributed by atoms with van der Waals surface area (Å²) in [5, 5.41) is 2.63. The number of nitrogen functional groups attached to an aromatic ring is 1. The monoisotopic (exact) mass is 352 g/mol. The molecule has 0 radical (unpaired) electrons. The van der Waals surface area contributed by atoms with E-state index in [1.54, 1.807) is 13.0 Å². The van der Waals surface area contributed by atoms with Gasteiger partial charge in [0.25, 0.3) is 5.91 Å². The highest BCUT2D eigenvalue weighted by Gasteiger charge is 2.19. The van der Waals surface area contributed by atoms with Crippen molar-refractivity contribution < 1.29 is 13.9 Å². The maximum Gasteiger partial charge on any atom is 0.262 e. The fourth-order valence-electron chi connectivity index (χ4n) is 2.01. The van der Waals surface area contributed by atoms with E-state index in [1.807, 2.05) is 6.07 Å². The lowest BCUT2D eigenvalue weighted by atomic mass is 10.1. The van der Waals surface area contributed by atoms with Crippen molar-refractivity contribution in [3.63, 3.8) is 0 Å². The van der Waals surface area contributed by atoms with Gasteiger partial charge in [-0.3, -0.25) is 4.79 Å². The van der Waals surface area contributed by atoms with Crippen LogP contribution in [0.4, 0.5) is 15.8 Å². The number of nitrogens with two attached hydrogens (primary N) is 1. The maximum atomic E-state index is 13.9. The smallest absolute Gasteiger partial charge is 0.262 e. The summed E-state index contributed by atoms with van der Waals surface area (Å²) in [6, 6.07) is 7.68. The van der Waals surface area contributed by atoms with E-state index >= 15 is 0 Å². The van der Waals surface area contributed by atoms with E-state index in [0.717, 1.165) is 10.0 Å². The maximum absolute atomic E-state index is 13.9. The van der Waals surface area contributed by atoms with Crippen LogP contribution < -0.4 is 15.8 Å². The Balaban J connectivity index is 2.40. The Bertz CT molecular complexity index is 681. The van der Waals surface area contributed by atoms with Crippen molar-refractivity contribution in [1.29, 1.82) is 0 Å². The molecular formula is C15H14BrFN2O2. The molecule has 6 heteroatoms. The third-order valence-corrected chi connectivity index (χ3v) is 3.45. The summed E-state index contributed by atoms with van der Waals surface area (Å²) in [5.41, 5.74) is 7.35. The van der Waals surface area contributed by atoms with Crippen molar-refractivity contribution in [3.05, 3.63) is 51.7 Å². The van der Waals surface area contributed by atoms with Gasteiger partial charge >= 0.3 is 0 Å². The number of hydrogen-bond donors (Lipinski definition) is 2. The fraction of sp³-hybridized carbons (Fsp3) is 0.133. The van der Waals surface area contributed by atoms with Crippen LogP contribution in [0.25, 0.3) is 0 Å². The van der Waals surface area contributed by atoms with Gasteiger partial charge in [-0.05, 0) is 36.8 Å². The molecule has 0 atom stereocenters. The van der Waals surface area contributed by atoms with Crippen molar-refractivity contribution in [1.82, 2.24) is 0 Å². The molecule has 0 fully saturated rings. The summed E-state index contributed by atoms with van der Waals surface area (Å²) in [4.78, 5) is 12.3. The summed E-state index contributed by atoms with van der Waals surface area (Å²) >= 11 is 3.32. The van der Waals surface area contributed by atoms with Crippen LogP contribution in [0.3, 0.4) is 0 Å². The molecule has 110 valence electrons. The molecule has 2 aromatic rings. The Morgan fingerprint density at radius 1 is 1.38 bits per heavy atom. The number of ether oxygens (including phenoxy) is 1. The minimum Gasteiger partial charge on any atom is -0.496 e. The number of anilines is 2. The first-order chi connectivity index (χ1) is 9.93. The second-order valence-corrected chi connectivity index (χ2v) is 5.37. The Hall–Kier alpha value is -2.08. The summed E-state index contributed by atoms with van der Waals surface area (Å²) in [6.45, 7) is 1.80. The van der Waals surface area contributed by atoms with E-state index in [-0.39, 0.29) is 11.3 Å². The van der Waals surface area contributed by atoms with E-state index in [1.165, 1.54) is 25.3 Å². The van der Waals surface area contributed by atoms with Gasteiger partial charge in [0, 0.05) is 4.47 Å². The highest BCUT2D eigenvalue weighted by molar-refractivity contribution is 9.10. The van der Waals surface area contributed by atoms with Gasteiger partial charge in [-0.2, -0.15) is 0 Å². The number of methoxy groups -OCH3 is 1. The van der Waals surface area contributed by atoms with Crippen LogP contribution in [0, 0.1) is 12.7 Å². The van der Waals surface area contributed by atoms with Crippen LogP contribution >= 0.6 is 15.9 Å². The molecule has 0 unspecified atom stereocenters.